The maximum Gasteiger partial charge on any atom is 0.416 e. The van der Waals surface area contributed by atoms with Gasteiger partial charge in [-0.1, -0.05) is 17.9 Å². The van der Waals surface area contributed by atoms with Gasteiger partial charge in [0.2, 0.25) is 5.91 Å². The van der Waals surface area contributed by atoms with Crippen LogP contribution in [0.15, 0.2) is 24.3 Å². The highest BCUT2D eigenvalue weighted by molar-refractivity contribution is 5.76. The third-order valence-corrected chi connectivity index (χ3v) is 4.06. The average Bonchev–Trinajstić information content (AvgIpc) is 2.81. The number of alkyl halides is 3. The molecule has 0 spiro atoms. The summed E-state index contributed by atoms with van der Waals surface area (Å²) in [6, 6.07) is 4.79. The van der Waals surface area contributed by atoms with E-state index < -0.39 is 11.7 Å². The number of amides is 1. The molecule has 0 aliphatic rings. The standard InChI is InChI=1S/C19H20F3N3O/c1-13-17(14(2)25(3)24-13)9-10-18(26)23-11-5-7-15-6-4-8-16(12-15)19(20,21)22/h4,6,8,12H,9-11H2,1-3H3,(H,23,26). The molecule has 1 N–H and O–H groups in total. The average molecular weight is 363 g/mol. The fraction of sp³-hybridized carbons (Fsp3) is 0.368. The van der Waals surface area contributed by atoms with Crippen LogP contribution in [-0.2, 0) is 24.4 Å². The SMILES string of the molecule is Cc1nn(C)c(C)c1CCC(=O)NCC#Cc1cccc(C(F)(F)F)c1. The van der Waals surface area contributed by atoms with E-state index >= 15 is 0 Å². The molecule has 1 heterocycles. The number of hydrogen-bond acceptors (Lipinski definition) is 2. The van der Waals surface area contributed by atoms with Gasteiger partial charge in [-0.15, -0.1) is 0 Å². The lowest BCUT2D eigenvalue weighted by Gasteiger charge is -2.05. The van der Waals surface area contributed by atoms with Gasteiger partial charge in [0.25, 0.3) is 0 Å². The number of aromatic nitrogens is 2. The molecule has 0 radical (unpaired) electrons. The molecule has 4 nitrogen and oxygen atoms in total. The van der Waals surface area contributed by atoms with E-state index in [-0.39, 0.29) is 18.0 Å². The summed E-state index contributed by atoms with van der Waals surface area (Å²) < 4.78 is 39.7. The smallest absolute Gasteiger partial charge is 0.345 e. The second-order valence-electron chi connectivity index (χ2n) is 5.93. The van der Waals surface area contributed by atoms with Crippen molar-refractivity contribution in [1.82, 2.24) is 15.1 Å². The molecule has 1 aromatic carbocycles. The summed E-state index contributed by atoms with van der Waals surface area (Å²) in [6.07, 6.45) is -3.51. The van der Waals surface area contributed by atoms with Crippen LogP contribution >= 0.6 is 0 Å². The molecule has 7 heteroatoms. The van der Waals surface area contributed by atoms with Crippen LogP contribution < -0.4 is 5.32 Å². The van der Waals surface area contributed by atoms with E-state index in [1.54, 1.807) is 4.68 Å². The Bertz CT molecular complexity index is 857. The van der Waals surface area contributed by atoms with E-state index in [0.29, 0.717) is 12.8 Å². The zero-order chi connectivity index (χ0) is 19.3. The van der Waals surface area contributed by atoms with Gasteiger partial charge in [0.15, 0.2) is 0 Å². The first-order valence-electron chi connectivity index (χ1n) is 8.10. The highest BCUT2D eigenvalue weighted by Crippen LogP contribution is 2.29. The number of benzene rings is 1. The molecular weight excluding hydrogens is 343 g/mol. The first kappa shape index (κ1) is 19.6. The molecule has 0 unspecified atom stereocenters. The molecule has 26 heavy (non-hydrogen) atoms. The van der Waals surface area contributed by atoms with Gasteiger partial charge in [-0.05, 0) is 44.0 Å². The van der Waals surface area contributed by atoms with Crippen molar-refractivity contribution >= 4 is 5.91 Å². The number of carbonyl (C=O) groups excluding carboxylic acids is 1. The Morgan fingerprint density at radius 3 is 2.65 bits per heavy atom. The normalized spacial score (nSPS) is 11.0. The lowest BCUT2D eigenvalue weighted by molar-refractivity contribution is -0.137. The van der Waals surface area contributed by atoms with E-state index in [9.17, 15) is 18.0 Å². The quantitative estimate of drug-likeness (QED) is 0.849. The second kappa shape index (κ2) is 8.09. The third-order valence-electron chi connectivity index (χ3n) is 4.06. The van der Waals surface area contributed by atoms with Crippen molar-refractivity contribution in [3.8, 4) is 11.8 Å². The van der Waals surface area contributed by atoms with Crippen LogP contribution in [0.25, 0.3) is 0 Å². The van der Waals surface area contributed by atoms with Crippen molar-refractivity contribution in [3.63, 3.8) is 0 Å². The first-order chi connectivity index (χ1) is 12.2. The van der Waals surface area contributed by atoms with Crippen LogP contribution in [0.1, 0.15) is 34.5 Å². The number of aryl methyl sites for hydroxylation is 2. The van der Waals surface area contributed by atoms with Gasteiger partial charge in [0, 0.05) is 24.7 Å². The van der Waals surface area contributed by atoms with Crippen molar-refractivity contribution in [2.24, 2.45) is 7.05 Å². The van der Waals surface area contributed by atoms with Crippen molar-refractivity contribution in [3.05, 3.63) is 52.3 Å². The Kier molecular flexibility index (Phi) is 6.09. The van der Waals surface area contributed by atoms with Gasteiger partial charge in [-0.3, -0.25) is 9.48 Å². The van der Waals surface area contributed by atoms with Crippen LogP contribution in [0, 0.1) is 25.7 Å². The Morgan fingerprint density at radius 1 is 1.31 bits per heavy atom. The molecular formula is C19H20F3N3O. The third kappa shape index (κ3) is 5.12. The topological polar surface area (TPSA) is 46.9 Å². The van der Waals surface area contributed by atoms with Gasteiger partial charge in [-0.25, -0.2) is 0 Å². The van der Waals surface area contributed by atoms with Crippen LogP contribution in [0.3, 0.4) is 0 Å². The second-order valence-corrected chi connectivity index (χ2v) is 5.93. The van der Waals surface area contributed by atoms with E-state index in [1.807, 2.05) is 20.9 Å². The lowest BCUT2D eigenvalue weighted by atomic mass is 10.1. The van der Waals surface area contributed by atoms with Gasteiger partial charge in [0.05, 0.1) is 17.8 Å². The van der Waals surface area contributed by atoms with Gasteiger partial charge >= 0.3 is 6.18 Å². The van der Waals surface area contributed by atoms with Crippen LogP contribution in [0.5, 0.6) is 0 Å². The van der Waals surface area contributed by atoms with E-state index in [0.717, 1.165) is 29.1 Å². The summed E-state index contributed by atoms with van der Waals surface area (Å²) in [5.74, 6) is 5.14. The van der Waals surface area contributed by atoms with Crippen LogP contribution in [0.4, 0.5) is 13.2 Å². The Balaban J connectivity index is 1.85. The van der Waals surface area contributed by atoms with Crippen molar-refractivity contribution < 1.29 is 18.0 Å². The van der Waals surface area contributed by atoms with Crippen molar-refractivity contribution in [2.45, 2.75) is 32.9 Å². The maximum atomic E-state index is 12.6. The summed E-state index contributed by atoms with van der Waals surface area (Å²) in [5, 5.41) is 6.96. The van der Waals surface area contributed by atoms with Crippen molar-refractivity contribution in [1.29, 1.82) is 0 Å². The predicted octanol–water partition coefficient (Wildman–Crippen LogP) is 3.16. The summed E-state index contributed by atoms with van der Waals surface area (Å²) in [6.45, 7) is 3.94. The molecule has 138 valence electrons. The molecule has 0 aliphatic heterocycles. The minimum Gasteiger partial charge on any atom is -0.345 e. The molecule has 0 fully saturated rings. The van der Waals surface area contributed by atoms with Gasteiger partial charge in [0.1, 0.15) is 0 Å². The number of rotatable bonds is 4. The number of halogens is 3. The number of nitrogens with one attached hydrogen (secondary N) is 1. The molecule has 1 aromatic heterocycles. The predicted molar refractivity (Wildman–Crippen MR) is 92.3 cm³/mol. The van der Waals surface area contributed by atoms with Crippen LogP contribution in [-0.4, -0.2) is 22.2 Å². The minimum absolute atomic E-state index is 0.0834. The van der Waals surface area contributed by atoms with E-state index in [2.05, 4.69) is 22.3 Å². The van der Waals surface area contributed by atoms with E-state index in [4.69, 9.17) is 0 Å². The fourth-order valence-corrected chi connectivity index (χ4v) is 2.57. The minimum atomic E-state index is -4.39. The summed E-state index contributed by atoms with van der Waals surface area (Å²) in [4.78, 5) is 11.9. The summed E-state index contributed by atoms with van der Waals surface area (Å²) >= 11 is 0. The Labute approximate surface area is 150 Å². The highest BCUT2D eigenvalue weighted by atomic mass is 19.4. The Hall–Kier alpha value is -2.75. The number of hydrogen-bond donors (Lipinski definition) is 1. The monoisotopic (exact) mass is 363 g/mol. The van der Waals surface area contributed by atoms with Gasteiger partial charge < -0.3 is 5.32 Å². The maximum absolute atomic E-state index is 12.6. The molecule has 0 saturated heterocycles. The molecule has 1 amide bonds. The lowest BCUT2D eigenvalue weighted by Crippen LogP contribution is -2.23. The van der Waals surface area contributed by atoms with Crippen LogP contribution in [0.2, 0.25) is 0 Å². The molecule has 2 rings (SSSR count). The molecule has 0 aliphatic carbocycles. The summed E-state index contributed by atoms with van der Waals surface area (Å²) in [5.41, 5.74) is 2.51. The van der Waals surface area contributed by atoms with Gasteiger partial charge in [-0.2, -0.15) is 18.3 Å². The molecule has 0 saturated carbocycles. The van der Waals surface area contributed by atoms with E-state index in [1.165, 1.54) is 12.1 Å². The first-order valence-corrected chi connectivity index (χ1v) is 8.10. The highest BCUT2D eigenvalue weighted by Gasteiger charge is 2.30. The largest absolute Gasteiger partial charge is 0.416 e. The fourth-order valence-electron chi connectivity index (χ4n) is 2.57. The zero-order valence-corrected chi connectivity index (χ0v) is 14.9. The molecule has 2 aromatic rings. The number of carbonyl (C=O) groups is 1. The molecule has 0 bridgehead atoms. The number of nitrogens with zero attached hydrogens (tertiary/aromatic N) is 2. The van der Waals surface area contributed by atoms with Crippen molar-refractivity contribution in [2.75, 3.05) is 6.54 Å². The Morgan fingerprint density at radius 2 is 2.04 bits per heavy atom. The zero-order valence-electron chi connectivity index (χ0n) is 14.9. The molecule has 0 atom stereocenters. The summed E-state index contributed by atoms with van der Waals surface area (Å²) in [7, 11) is 1.86.